The predicted octanol–water partition coefficient (Wildman–Crippen LogP) is 8.19. The fourth-order valence-corrected chi connectivity index (χ4v) is 5.60. The molecule has 0 bridgehead atoms. The number of aryl methyl sites for hydroxylation is 2. The van der Waals surface area contributed by atoms with Crippen molar-refractivity contribution in [1.29, 1.82) is 0 Å². The highest BCUT2D eigenvalue weighted by Gasteiger charge is 2.13. The van der Waals surface area contributed by atoms with Gasteiger partial charge >= 0.3 is 0 Å². The number of anilines is 3. The van der Waals surface area contributed by atoms with E-state index in [0.717, 1.165) is 91.7 Å². The van der Waals surface area contributed by atoms with E-state index < -0.39 is 0 Å². The second-order valence-corrected chi connectivity index (χ2v) is 12.2. The molecule has 0 amide bonds. The number of fused-ring (bicyclic) bond motifs is 2. The predicted molar refractivity (Wildman–Crippen MR) is 213 cm³/mol. The molecule has 0 unspecified atom stereocenters. The van der Waals surface area contributed by atoms with Gasteiger partial charge in [0.2, 0.25) is 5.36 Å². The lowest BCUT2D eigenvalue weighted by Crippen LogP contribution is -2.29. The maximum absolute atomic E-state index is 9.20. The van der Waals surface area contributed by atoms with E-state index in [-0.39, 0.29) is 0 Å². The summed E-state index contributed by atoms with van der Waals surface area (Å²) in [5.74, 6) is 7.48. The van der Waals surface area contributed by atoms with Crippen LogP contribution in [0, 0.1) is 13.8 Å². The SMILES string of the molecule is CCCNc1cc(O)ccc1C.CCCNc1cc2oc3cc(=[N+](CC)CC)ccc-3nc2cc1C.CCN(CC)c1ccc(ON)c(OC)c1. The van der Waals surface area contributed by atoms with Crippen molar-refractivity contribution in [2.24, 2.45) is 5.90 Å². The van der Waals surface area contributed by atoms with Crippen LogP contribution in [0.3, 0.4) is 0 Å². The van der Waals surface area contributed by atoms with E-state index in [1.165, 1.54) is 16.5 Å². The first-order valence-corrected chi connectivity index (χ1v) is 18.2. The van der Waals surface area contributed by atoms with Crippen molar-refractivity contribution in [1.82, 2.24) is 9.56 Å². The van der Waals surface area contributed by atoms with Gasteiger partial charge in [-0.1, -0.05) is 19.9 Å². The quantitative estimate of drug-likeness (QED) is 0.0548. The molecule has 276 valence electrons. The smallest absolute Gasteiger partial charge is 0.203 e. The summed E-state index contributed by atoms with van der Waals surface area (Å²) in [6, 6.07) is 21.5. The van der Waals surface area contributed by atoms with Crippen LogP contribution in [0.5, 0.6) is 17.2 Å². The van der Waals surface area contributed by atoms with Gasteiger partial charge in [-0.05, 0) is 95.8 Å². The second-order valence-electron chi connectivity index (χ2n) is 12.2. The van der Waals surface area contributed by atoms with Crippen LogP contribution in [0.15, 0.2) is 71.1 Å². The molecule has 5 N–H and O–H groups in total. The summed E-state index contributed by atoms with van der Waals surface area (Å²) in [5, 5.41) is 17.1. The average Bonchev–Trinajstić information content (AvgIpc) is 3.15. The standard InChI is InChI=1S/C20H25N3O.C11H18N2O2.C10H15NO/c1-5-10-21-17-13-20-18(11-14(17)4)22-16-9-8-15(12-19(16)24-20)23(6-2)7-3;1-4-13(5-2)9-6-7-10(15-12)11(8-9)14-3;1-3-6-11-10-7-9(12)5-4-8(10)2/h8-9,11-13H,5-7,10H2,1-4H3;6-8H,4-5,12H2,1-3H3;4-5,7,11-12H,3,6H2,1-2H3/p+1. The number of nitrogens with one attached hydrogen (secondary N) is 2. The highest BCUT2D eigenvalue weighted by atomic mass is 16.6. The summed E-state index contributed by atoms with van der Waals surface area (Å²) in [5.41, 5.74) is 8.23. The summed E-state index contributed by atoms with van der Waals surface area (Å²) < 4.78 is 13.7. The van der Waals surface area contributed by atoms with Gasteiger partial charge in [-0.3, -0.25) is 0 Å². The van der Waals surface area contributed by atoms with Crippen LogP contribution in [0.25, 0.3) is 22.6 Å². The summed E-state index contributed by atoms with van der Waals surface area (Å²) in [6.45, 7) is 22.8. The molecule has 1 aliphatic carbocycles. The van der Waals surface area contributed by atoms with Gasteiger partial charge in [0, 0.05) is 67.5 Å². The largest absolute Gasteiger partial charge is 0.508 e. The number of phenolic OH excluding ortho intramolecular Hbond substituents is 1. The highest BCUT2D eigenvalue weighted by molar-refractivity contribution is 5.81. The number of benzene rings is 4. The number of ether oxygens (including phenoxy) is 1. The number of hydrogen-bond donors (Lipinski definition) is 4. The minimum atomic E-state index is 0.319. The van der Waals surface area contributed by atoms with Crippen molar-refractivity contribution in [3.05, 3.63) is 83.2 Å². The number of nitrogens with two attached hydrogens (primary N) is 1. The van der Waals surface area contributed by atoms with E-state index in [4.69, 9.17) is 24.9 Å². The molecule has 1 heterocycles. The fourth-order valence-electron chi connectivity index (χ4n) is 5.60. The Morgan fingerprint density at radius 2 is 1.45 bits per heavy atom. The second kappa shape index (κ2) is 20.7. The third kappa shape index (κ3) is 11.3. The van der Waals surface area contributed by atoms with E-state index in [2.05, 4.69) is 92.8 Å². The van der Waals surface area contributed by atoms with Crippen LogP contribution in [0.2, 0.25) is 0 Å². The molecular formula is C41H59N6O4+. The number of hydrogen-bond acceptors (Lipinski definition) is 9. The Morgan fingerprint density at radius 3 is 2.04 bits per heavy atom. The number of nitrogens with zero attached hydrogens (tertiary/aromatic N) is 3. The first-order chi connectivity index (χ1) is 24.7. The van der Waals surface area contributed by atoms with Crippen molar-refractivity contribution in [3.63, 3.8) is 0 Å². The van der Waals surface area contributed by atoms with E-state index >= 15 is 0 Å². The number of rotatable bonds is 13. The van der Waals surface area contributed by atoms with Gasteiger partial charge in [0.1, 0.15) is 30.0 Å². The molecule has 1 aliphatic heterocycles. The molecular weight excluding hydrogens is 640 g/mol. The molecule has 3 aromatic rings. The Labute approximate surface area is 304 Å². The summed E-state index contributed by atoms with van der Waals surface area (Å²) in [6.07, 6.45) is 2.19. The molecule has 51 heavy (non-hydrogen) atoms. The maximum atomic E-state index is 9.20. The lowest BCUT2D eigenvalue weighted by Gasteiger charge is -2.21. The molecule has 0 radical (unpaired) electrons. The van der Waals surface area contributed by atoms with Gasteiger partial charge in [0.15, 0.2) is 22.8 Å². The van der Waals surface area contributed by atoms with Gasteiger partial charge in [-0.15, -0.1) is 0 Å². The number of phenols is 1. The monoisotopic (exact) mass is 699 g/mol. The van der Waals surface area contributed by atoms with Crippen molar-refractivity contribution < 1.29 is 19.1 Å². The number of aromatic hydroxyl groups is 1. The number of methoxy groups -OCH3 is 1. The maximum Gasteiger partial charge on any atom is 0.203 e. The zero-order valence-corrected chi connectivity index (χ0v) is 32.1. The minimum absolute atomic E-state index is 0.319. The van der Waals surface area contributed by atoms with Gasteiger partial charge in [0.25, 0.3) is 0 Å². The van der Waals surface area contributed by atoms with Crippen molar-refractivity contribution in [3.8, 4) is 28.7 Å². The lowest BCUT2D eigenvalue weighted by molar-refractivity contribution is 0.306. The molecule has 0 spiro atoms. The molecule has 3 aromatic carbocycles. The Morgan fingerprint density at radius 1 is 0.784 bits per heavy atom. The Hall–Kier alpha value is -4.96. The third-order valence-electron chi connectivity index (χ3n) is 8.59. The van der Waals surface area contributed by atoms with Gasteiger partial charge in [0.05, 0.1) is 13.2 Å². The van der Waals surface area contributed by atoms with Crippen LogP contribution in [-0.2, 0) is 0 Å². The molecule has 0 fully saturated rings. The topological polar surface area (TPSA) is 121 Å². The molecule has 0 atom stereocenters. The third-order valence-corrected chi connectivity index (χ3v) is 8.59. The van der Waals surface area contributed by atoms with Gasteiger partial charge in [-0.25, -0.2) is 9.56 Å². The molecule has 10 heteroatoms. The fraction of sp³-hybridized carbons (Fsp3) is 0.415. The summed E-state index contributed by atoms with van der Waals surface area (Å²) in [7, 11) is 1.60. The van der Waals surface area contributed by atoms with E-state index in [0.29, 0.717) is 17.2 Å². The zero-order chi connectivity index (χ0) is 37.3. The molecule has 0 saturated heterocycles. The normalized spacial score (nSPS) is 10.5. The van der Waals surface area contributed by atoms with Crippen LogP contribution < -0.4 is 40.9 Å². The van der Waals surface area contributed by atoms with Crippen molar-refractivity contribution >= 4 is 28.2 Å². The van der Waals surface area contributed by atoms with E-state index in [9.17, 15) is 5.11 Å². The molecule has 5 rings (SSSR count). The Bertz CT molecular complexity index is 1840. The Kier molecular flexibility index (Phi) is 16.4. The van der Waals surface area contributed by atoms with Crippen LogP contribution >= 0.6 is 0 Å². The highest BCUT2D eigenvalue weighted by Crippen LogP contribution is 2.31. The first-order valence-electron chi connectivity index (χ1n) is 18.2. The van der Waals surface area contributed by atoms with Crippen molar-refractivity contribution in [2.45, 2.75) is 68.2 Å². The van der Waals surface area contributed by atoms with Crippen LogP contribution in [0.4, 0.5) is 17.1 Å². The van der Waals surface area contributed by atoms with Gasteiger partial charge < -0.3 is 34.6 Å². The molecule has 2 aliphatic rings. The molecule has 10 nitrogen and oxygen atoms in total. The summed E-state index contributed by atoms with van der Waals surface area (Å²) in [4.78, 5) is 11.7. The van der Waals surface area contributed by atoms with Crippen LogP contribution in [-0.4, -0.2) is 56.5 Å². The lowest BCUT2D eigenvalue weighted by atomic mass is 10.1. The average molecular weight is 700 g/mol. The number of aromatic nitrogens is 1. The van der Waals surface area contributed by atoms with Crippen LogP contribution in [0.1, 0.15) is 65.5 Å². The Balaban J connectivity index is 0.000000224. The van der Waals surface area contributed by atoms with Crippen molar-refractivity contribution in [2.75, 3.05) is 61.9 Å². The van der Waals surface area contributed by atoms with E-state index in [1.54, 1.807) is 19.2 Å². The first kappa shape index (κ1) is 40.5. The minimum Gasteiger partial charge on any atom is -0.508 e. The molecule has 0 saturated carbocycles. The van der Waals surface area contributed by atoms with E-state index in [1.807, 2.05) is 37.3 Å². The zero-order valence-electron chi connectivity index (χ0n) is 32.1. The van der Waals surface area contributed by atoms with Gasteiger partial charge in [-0.2, -0.15) is 5.90 Å². The molecule has 0 aromatic heterocycles. The summed E-state index contributed by atoms with van der Waals surface area (Å²) >= 11 is 0.